The minimum absolute atomic E-state index is 0. The van der Waals surface area contributed by atoms with Crippen LogP contribution in [0.15, 0.2) is 0 Å². The third-order valence-electron chi connectivity index (χ3n) is 0.642. The van der Waals surface area contributed by atoms with Crippen LogP contribution in [0.4, 0.5) is 0 Å². The molecule has 0 aromatic carbocycles. The maximum atomic E-state index is 9.55. The van der Waals surface area contributed by atoms with Crippen molar-refractivity contribution in [1.29, 1.82) is 0 Å². The number of rotatable bonds is 4. The Kier molecular flexibility index (Phi) is 27.9. The summed E-state index contributed by atoms with van der Waals surface area (Å²) in [6.45, 7) is 2.67. The zero-order valence-corrected chi connectivity index (χ0v) is 6.69. The topological polar surface area (TPSA) is 96.3 Å². The van der Waals surface area contributed by atoms with E-state index in [2.05, 4.69) is 11.4 Å². The highest BCUT2D eigenvalue weighted by atomic mass is 31.1. The predicted molar refractivity (Wildman–Crippen MR) is 38.5 cm³/mol. The minimum atomic E-state index is -0.195. The van der Waals surface area contributed by atoms with Gasteiger partial charge in [0.1, 0.15) is 0 Å². The number of hydrogen-bond donors (Lipinski definition) is 2. The highest BCUT2D eigenvalue weighted by molar-refractivity contribution is 7.17. The first-order valence-corrected chi connectivity index (χ1v) is 3.09. The highest BCUT2D eigenvalue weighted by Crippen LogP contribution is 1.96. The molecular formula is C4H15N2O2P. The van der Waals surface area contributed by atoms with Crippen molar-refractivity contribution in [2.75, 3.05) is 6.61 Å². The molecule has 0 unspecified atom stereocenters. The zero-order valence-electron chi connectivity index (χ0n) is 5.80. The Morgan fingerprint density at radius 1 is 1.44 bits per heavy atom. The van der Waals surface area contributed by atoms with Gasteiger partial charge >= 0.3 is 8.69 Å². The second kappa shape index (κ2) is 15.7. The largest absolute Gasteiger partial charge is 0.344 e. The van der Waals surface area contributed by atoms with Gasteiger partial charge in [0.25, 0.3) is 0 Å². The summed E-state index contributed by atoms with van der Waals surface area (Å²) in [6, 6.07) is 0. The molecule has 0 spiro atoms. The summed E-state index contributed by atoms with van der Waals surface area (Å²) in [6.07, 6.45) is 2.09. The first-order valence-electron chi connectivity index (χ1n) is 2.36. The zero-order chi connectivity index (χ0) is 5.54. The van der Waals surface area contributed by atoms with E-state index < -0.39 is 0 Å². The van der Waals surface area contributed by atoms with Gasteiger partial charge in [-0.1, -0.05) is 13.3 Å². The van der Waals surface area contributed by atoms with Crippen molar-refractivity contribution in [3.8, 4) is 0 Å². The number of unbranched alkanes of at least 4 members (excludes halogenated alkanes) is 1. The maximum Gasteiger partial charge on any atom is 0.327 e. The third-order valence-corrected chi connectivity index (χ3v) is 0.930. The molecule has 0 aliphatic carbocycles. The Morgan fingerprint density at radius 3 is 2.33 bits per heavy atom. The van der Waals surface area contributed by atoms with E-state index in [0.717, 1.165) is 12.8 Å². The lowest BCUT2D eigenvalue weighted by Crippen LogP contribution is -1.79. The van der Waals surface area contributed by atoms with Gasteiger partial charge in [0, 0.05) is 0 Å². The van der Waals surface area contributed by atoms with E-state index in [1.807, 2.05) is 0 Å². The van der Waals surface area contributed by atoms with Crippen LogP contribution in [-0.4, -0.2) is 6.61 Å². The van der Waals surface area contributed by atoms with Crippen LogP contribution >= 0.6 is 8.69 Å². The van der Waals surface area contributed by atoms with E-state index in [0.29, 0.717) is 6.61 Å². The van der Waals surface area contributed by atoms with Crippen LogP contribution in [0.2, 0.25) is 0 Å². The van der Waals surface area contributed by atoms with Gasteiger partial charge in [0.05, 0.1) is 6.61 Å². The lowest BCUT2D eigenvalue weighted by Gasteiger charge is -1.86. The predicted octanol–water partition coefficient (Wildman–Crippen LogP) is 2.33. The Balaban J connectivity index is -0.000000180. The Labute approximate surface area is 57.4 Å². The fourth-order valence-electron chi connectivity index (χ4n) is 0.246. The third kappa shape index (κ3) is 18.0. The van der Waals surface area contributed by atoms with Crippen LogP contribution in [0.5, 0.6) is 0 Å². The van der Waals surface area contributed by atoms with E-state index >= 15 is 0 Å². The van der Waals surface area contributed by atoms with Gasteiger partial charge < -0.3 is 12.3 Å². The molecule has 58 valence electrons. The highest BCUT2D eigenvalue weighted by Gasteiger charge is 1.80. The molecule has 0 fully saturated rings. The second-order valence-corrected chi connectivity index (χ2v) is 1.67. The molecule has 0 rings (SSSR count). The molecular weight excluding hydrogens is 139 g/mol. The molecule has 0 aliphatic heterocycles. The Bertz CT molecular complexity index is 53.8. The average molecular weight is 154 g/mol. The van der Waals surface area contributed by atoms with E-state index in [9.17, 15) is 4.57 Å². The van der Waals surface area contributed by atoms with Gasteiger partial charge in [-0.3, -0.25) is 4.52 Å². The fraction of sp³-hybridized carbons (Fsp3) is 1.00. The maximum absolute atomic E-state index is 9.55. The summed E-state index contributed by atoms with van der Waals surface area (Å²) >= 11 is 0. The molecule has 9 heavy (non-hydrogen) atoms. The molecule has 0 aliphatic rings. The molecule has 5 heteroatoms. The molecule has 4 nitrogen and oxygen atoms in total. The van der Waals surface area contributed by atoms with Crippen LogP contribution < -0.4 is 12.3 Å². The van der Waals surface area contributed by atoms with Crippen molar-refractivity contribution < 1.29 is 9.09 Å². The molecule has 6 N–H and O–H groups in total. The molecule has 0 aromatic rings. The van der Waals surface area contributed by atoms with E-state index in [1.54, 1.807) is 0 Å². The molecule has 0 bridgehead atoms. The van der Waals surface area contributed by atoms with Crippen LogP contribution in [0, 0.1) is 0 Å². The van der Waals surface area contributed by atoms with Crippen LogP contribution in [0.25, 0.3) is 0 Å². The quantitative estimate of drug-likeness (QED) is 0.479. The lowest BCUT2D eigenvalue weighted by atomic mass is 10.4. The van der Waals surface area contributed by atoms with Crippen molar-refractivity contribution in [2.45, 2.75) is 19.8 Å². The van der Waals surface area contributed by atoms with Crippen molar-refractivity contribution in [2.24, 2.45) is 0 Å². The van der Waals surface area contributed by atoms with Crippen molar-refractivity contribution in [3.05, 3.63) is 0 Å². The average Bonchev–Trinajstić information content (AvgIpc) is 1.69. The monoisotopic (exact) mass is 154 g/mol. The molecule has 0 aromatic heterocycles. The molecule has 0 atom stereocenters. The second-order valence-electron chi connectivity index (χ2n) is 1.26. The Hall–Kier alpha value is -0.0200. The standard InChI is InChI=1S/C4H9O2P.2H3N/c1-2-3-4-6-7-5;;/h2-4H2,1H3;2*1H3. The smallest absolute Gasteiger partial charge is 0.327 e. The molecule has 0 radical (unpaired) electrons. The van der Waals surface area contributed by atoms with Crippen LogP contribution in [0.3, 0.4) is 0 Å². The van der Waals surface area contributed by atoms with E-state index in [1.165, 1.54) is 0 Å². The Morgan fingerprint density at radius 2 is 2.00 bits per heavy atom. The van der Waals surface area contributed by atoms with Gasteiger partial charge in [0.15, 0.2) is 0 Å². The normalized spacial score (nSPS) is 7.67. The fourth-order valence-corrected chi connectivity index (χ4v) is 0.450. The van der Waals surface area contributed by atoms with E-state index in [4.69, 9.17) is 0 Å². The van der Waals surface area contributed by atoms with Crippen molar-refractivity contribution in [1.82, 2.24) is 12.3 Å². The van der Waals surface area contributed by atoms with Gasteiger partial charge in [-0.05, 0) is 6.42 Å². The van der Waals surface area contributed by atoms with Gasteiger partial charge in [-0.25, -0.2) is 4.57 Å². The summed E-state index contributed by atoms with van der Waals surface area (Å²) in [5.41, 5.74) is 0. The molecule has 0 amide bonds. The molecule has 0 heterocycles. The summed E-state index contributed by atoms with van der Waals surface area (Å²) in [5.74, 6) is 0. The first-order chi connectivity index (χ1) is 3.41. The van der Waals surface area contributed by atoms with Gasteiger partial charge in [-0.2, -0.15) is 0 Å². The number of hydrogen-bond acceptors (Lipinski definition) is 4. The summed E-state index contributed by atoms with van der Waals surface area (Å²) in [4.78, 5) is 0. The first kappa shape index (κ1) is 16.0. The summed E-state index contributed by atoms with van der Waals surface area (Å²) in [5, 5.41) is 0. The van der Waals surface area contributed by atoms with Crippen molar-refractivity contribution in [3.63, 3.8) is 0 Å². The van der Waals surface area contributed by atoms with E-state index in [-0.39, 0.29) is 21.0 Å². The van der Waals surface area contributed by atoms with Gasteiger partial charge in [-0.15, -0.1) is 0 Å². The minimum Gasteiger partial charge on any atom is -0.344 e. The van der Waals surface area contributed by atoms with Crippen LogP contribution in [0.1, 0.15) is 19.8 Å². The summed E-state index contributed by atoms with van der Waals surface area (Å²) in [7, 11) is -0.195. The SMILES string of the molecule is CCCCOP=O.N.N. The molecule has 0 saturated heterocycles. The summed E-state index contributed by atoms with van der Waals surface area (Å²) < 4.78 is 14.0. The van der Waals surface area contributed by atoms with Crippen LogP contribution in [-0.2, 0) is 9.09 Å². The lowest BCUT2D eigenvalue weighted by molar-refractivity contribution is 0.334. The van der Waals surface area contributed by atoms with Crippen molar-refractivity contribution >= 4 is 8.69 Å². The molecule has 0 saturated carbocycles. The van der Waals surface area contributed by atoms with Gasteiger partial charge in [0.2, 0.25) is 0 Å².